The van der Waals surface area contributed by atoms with Crippen LogP contribution in [0.2, 0.25) is 0 Å². The summed E-state index contributed by atoms with van der Waals surface area (Å²) in [5.74, 6) is 2.21. The third kappa shape index (κ3) is 6.56. The quantitative estimate of drug-likeness (QED) is 0.320. The van der Waals surface area contributed by atoms with Gasteiger partial charge in [-0.05, 0) is 56.9 Å². The van der Waals surface area contributed by atoms with Gasteiger partial charge in [0.25, 0.3) is 0 Å². The maximum atomic E-state index is 12.4. The van der Waals surface area contributed by atoms with Gasteiger partial charge >= 0.3 is 0 Å². The molecule has 1 N–H and O–H groups in total. The molecule has 9 heteroatoms. The van der Waals surface area contributed by atoms with Crippen LogP contribution < -0.4 is 5.32 Å². The van der Waals surface area contributed by atoms with E-state index >= 15 is 0 Å². The predicted octanol–water partition coefficient (Wildman–Crippen LogP) is 5.24. The van der Waals surface area contributed by atoms with E-state index in [0.29, 0.717) is 11.7 Å². The molecule has 0 saturated carbocycles. The molecule has 2 heterocycles. The molecular formula is C23H30N6OS2. The van der Waals surface area contributed by atoms with Crippen LogP contribution in [0, 0.1) is 13.8 Å². The van der Waals surface area contributed by atoms with E-state index in [1.807, 2.05) is 43.5 Å². The van der Waals surface area contributed by atoms with Gasteiger partial charge in [0.2, 0.25) is 5.91 Å². The second kappa shape index (κ2) is 11.5. The van der Waals surface area contributed by atoms with Gasteiger partial charge in [-0.3, -0.25) is 4.79 Å². The highest BCUT2D eigenvalue weighted by Crippen LogP contribution is 2.24. The van der Waals surface area contributed by atoms with E-state index in [1.165, 1.54) is 17.3 Å². The van der Waals surface area contributed by atoms with Crippen molar-refractivity contribution >= 4 is 35.1 Å². The van der Waals surface area contributed by atoms with Crippen LogP contribution in [-0.4, -0.2) is 36.4 Å². The Balaban J connectivity index is 1.55. The van der Waals surface area contributed by atoms with Gasteiger partial charge < -0.3 is 9.88 Å². The average Bonchev–Trinajstić information content (AvgIpc) is 3.17. The van der Waals surface area contributed by atoms with Crippen LogP contribution in [0.5, 0.6) is 0 Å². The highest BCUT2D eigenvalue weighted by molar-refractivity contribution is 7.99. The molecule has 170 valence electrons. The van der Waals surface area contributed by atoms with Crippen LogP contribution in [0.4, 0.5) is 5.69 Å². The second-order valence-electron chi connectivity index (χ2n) is 7.63. The number of hydrogen-bond donors (Lipinski definition) is 1. The Kier molecular flexibility index (Phi) is 8.69. The van der Waals surface area contributed by atoms with Crippen molar-refractivity contribution < 1.29 is 4.79 Å². The lowest BCUT2D eigenvalue weighted by atomic mass is 9.99. The number of aryl methyl sites for hydroxylation is 2. The normalized spacial score (nSPS) is 12.0. The van der Waals surface area contributed by atoms with E-state index in [1.54, 1.807) is 11.8 Å². The standard InChI is InChI=1S/C23H30N6OS2/c1-6-15(3)18-8-10-19(11-9-18)26-21(30)14-32-23-28-27-20(29(23)7-2)13-31-22-24-16(4)12-17(5)25-22/h8-12,15H,6-7,13-14H2,1-5H3,(H,26,30). The van der Waals surface area contributed by atoms with Crippen molar-refractivity contribution in [2.24, 2.45) is 0 Å². The summed E-state index contributed by atoms with van der Waals surface area (Å²) in [6.45, 7) is 11.1. The van der Waals surface area contributed by atoms with Crippen molar-refractivity contribution in [2.45, 2.75) is 69.6 Å². The first-order valence-corrected chi connectivity index (χ1v) is 12.8. The fourth-order valence-electron chi connectivity index (χ4n) is 3.20. The molecular weight excluding hydrogens is 440 g/mol. The van der Waals surface area contributed by atoms with Crippen LogP contribution in [0.15, 0.2) is 40.6 Å². The van der Waals surface area contributed by atoms with Gasteiger partial charge in [0.05, 0.1) is 11.5 Å². The largest absolute Gasteiger partial charge is 0.325 e. The van der Waals surface area contributed by atoms with E-state index < -0.39 is 0 Å². The van der Waals surface area contributed by atoms with E-state index in [0.717, 1.165) is 46.2 Å². The summed E-state index contributed by atoms with van der Waals surface area (Å²) in [7, 11) is 0. The molecule has 0 aliphatic heterocycles. The monoisotopic (exact) mass is 470 g/mol. The van der Waals surface area contributed by atoms with Crippen molar-refractivity contribution in [3.05, 3.63) is 53.1 Å². The Morgan fingerprint density at radius 2 is 1.75 bits per heavy atom. The first-order chi connectivity index (χ1) is 15.4. The summed E-state index contributed by atoms with van der Waals surface area (Å²) >= 11 is 2.94. The molecule has 3 rings (SSSR count). The highest BCUT2D eigenvalue weighted by atomic mass is 32.2. The van der Waals surface area contributed by atoms with E-state index in [9.17, 15) is 4.79 Å². The number of thioether (sulfide) groups is 2. The molecule has 2 aromatic heterocycles. The minimum Gasteiger partial charge on any atom is -0.325 e. The number of anilines is 1. The van der Waals surface area contributed by atoms with Crippen molar-refractivity contribution in [2.75, 3.05) is 11.1 Å². The molecule has 0 saturated heterocycles. The van der Waals surface area contributed by atoms with E-state index in [4.69, 9.17) is 0 Å². The van der Waals surface area contributed by atoms with Crippen LogP contribution in [0.25, 0.3) is 0 Å². The van der Waals surface area contributed by atoms with E-state index in [-0.39, 0.29) is 11.7 Å². The summed E-state index contributed by atoms with van der Waals surface area (Å²) in [6.07, 6.45) is 1.10. The topological polar surface area (TPSA) is 85.6 Å². The number of carbonyl (C=O) groups excluding carboxylic acids is 1. The molecule has 1 aromatic carbocycles. The number of hydrogen-bond acceptors (Lipinski definition) is 7. The molecule has 1 atom stereocenters. The van der Waals surface area contributed by atoms with Crippen LogP contribution in [0.3, 0.4) is 0 Å². The second-order valence-corrected chi connectivity index (χ2v) is 9.52. The van der Waals surface area contributed by atoms with Crippen molar-refractivity contribution in [1.82, 2.24) is 24.7 Å². The lowest BCUT2D eigenvalue weighted by Crippen LogP contribution is -2.14. The van der Waals surface area contributed by atoms with Gasteiger partial charge in [0, 0.05) is 23.6 Å². The number of nitrogens with zero attached hydrogens (tertiary/aromatic N) is 5. The summed E-state index contributed by atoms with van der Waals surface area (Å²) < 4.78 is 2.04. The smallest absolute Gasteiger partial charge is 0.234 e. The van der Waals surface area contributed by atoms with Gasteiger partial charge in [0.15, 0.2) is 10.3 Å². The molecule has 0 aliphatic rings. The maximum absolute atomic E-state index is 12.4. The Labute approximate surface area is 198 Å². The third-order valence-corrected chi connectivity index (χ3v) is 6.92. The van der Waals surface area contributed by atoms with Gasteiger partial charge in [-0.2, -0.15) is 0 Å². The third-order valence-electron chi connectivity index (χ3n) is 5.11. The summed E-state index contributed by atoms with van der Waals surface area (Å²) in [5.41, 5.74) is 4.00. The molecule has 0 spiro atoms. The number of amides is 1. The average molecular weight is 471 g/mol. The number of aromatic nitrogens is 5. The lowest BCUT2D eigenvalue weighted by Gasteiger charge is -2.10. The molecule has 32 heavy (non-hydrogen) atoms. The molecule has 0 aliphatic carbocycles. The van der Waals surface area contributed by atoms with E-state index in [2.05, 4.69) is 51.5 Å². The number of benzene rings is 1. The Bertz CT molecular complexity index is 1030. The van der Waals surface area contributed by atoms with Crippen LogP contribution in [0.1, 0.15) is 55.9 Å². The van der Waals surface area contributed by atoms with Crippen molar-refractivity contribution in [1.29, 1.82) is 0 Å². The highest BCUT2D eigenvalue weighted by Gasteiger charge is 2.14. The zero-order chi connectivity index (χ0) is 23.1. The van der Waals surface area contributed by atoms with Crippen LogP contribution in [-0.2, 0) is 17.1 Å². The van der Waals surface area contributed by atoms with Crippen molar-refractivity contribution in [3.63, 3.8) is 0 Å². The minimum absolute atomic E-state index is 0.0588. The fraction of sp³-hybridized carbons (Fsp3) is 0.435. The summed E-state index contributed by atoms with van der Waals surface area (Å²) in [4.78, 5) is 21.4. The zero-order valence-electron chi connectivity index (χ0n) is 19.3. The Morgan fingerprint density at radius 1 is 1.06 bits per heavy atom. The van der Waals surface area contributed by atoms with Gasteiger partial charge in [-0.25, -0.2) is 9.97 Å². The fourth-order valence-corrected chi connectivity index (χ4v) is 4.91. The Hall–Kier alpha value is -2.39. The Morgan fingerprint density at radius 3 is 2.38 bits per heavy atom. The number of rotatable bonds is 10. The molecule has 0 fully saturated rings. The number of carbonyl (C=O) groups is 1. The molecule has 0 radical (unpaired) electrons. The summed E-state index contributed by atoms with van der Waals surface area (Å²) in [5, 5.41) is 13.1. The molecule has 0 bridgehead atoms. The SMILES string of the molecule is CCC(C)c1ccc(NC(=O)CSc2nnc(CSc3nc(C)cc(C)n3)n2CC)cc1. The molecule has 3 aromatic rings. The van der Waals surface area contributed by atoms with Gasteiger partial charge in [-0.1, -0.05) is 49.5 Å². The summed E-state index contributed by atoms with van der Waals surface area (Å²) in [6, 6.07) is 10.0. The molecule has 1 unspecified atom stereocenters. The minimum atomic E-state index is -0.0588. The van der Waals surface area contributed by atoms with Gasteiger partial charge in [-0.15, -0.1) is 10.2 Å². The van der Waals surface area contributed by atoms with Gasteiger partial charge in [0.1, 0.15) is 5.82 Å². The maximum Gasteiger partial charge on any atom is 0.234 e. The molecule has 1 amide bonds. The first-order valence-electron chi connectivity index (χ1n) is 10.8. The van der Waals surface area contributed by atoms with Crippen LogP contribution >= 0.6 is 23.5 Å². The molecule has 7 nitrogen and oxygen atoms in total. The predicted molar refractivity (Wildman–Crippen MR) is 131 cm³/mol. The lowest BCUT2D eigenvalue weighted by molar-refractivity contribution is -0.113. The zero-order valence-corrected chi connectivity index (χ0v) is 20.9. The van der Waals surface area contributed by atoms with Crippen molar-refractivity contribution in [3.8, 4) is 0 Å². The first kappa shape index (κ1) is 24.3. The number of nitrogens with one attached hydrogen (secondary N) is 1.